The summed E-state index contributed by atoms with van der Waals surface area (Å²) in [7, 11) is 1.90. The SMILES string of the molecule is CN=C(NC1CCN(C2CCCC2)C1)NC1C2CCOC2C1(C)C.I. The lowest BCUT2D eigenvalue weighted by Gasteiger charge is -2.55. The molecule has 0 aromatic carbocycles. The number of aliphatic imine (C=N–C) groups is 1. The number of halogens is 1. The van der Waals surface area contributed by atoms with E-state index in [0.717, 1.165) is 18.6 Å². The van der Waals surface area contributed by atoms with Crippen molar-refractivity contribution in [2.45, 2.75) is 76.6 Å². The van der Waals surface area contributed by atoms with Crippen molar-refractivity contribution in [3.8, 4) is 0 Å². The number of nitrogens with one attached hydrogen (secondary N) is 2. The molecule has 0 aromatic rings. The van der Waals surface area contributed by atoms with E-state index in [1.165, 1.54) is 51.6 Å². The van der Waals surface area contributed by atoms with Gasteiger partial charge in [-0.2, -0.15) is 0 Å². The Labute approximate surface area is 169 Å². The van der Waals surface area contributed by atoms with Crippen LogP contribution in [-0.2, 0) is 4.74 Å². The number of guanidine groups is 1. The van der Waals surface area contributed by atoms with Gasteiger partial charge in [-0.15, -0.1) is 24.0 Å². The number of ether oxygens (including phenoxy) is 1. The van der Waals surface area contributed by atoms with Crippen LogP contribution < -0.4 is 10.6 Å². The largest absolute Gasteiger partial charge is 0.377 e. The number of hydrogen-bond acceptors (Lipinski definition) is 3. The first kappa shape index (κ1) is 19.7. The van der Waals surface area contributed by atoms with Gasteiger partial charge in [0.25, 0.3) is 0 Å². The molecule has 0 spiro atoms. The molecule has 2 heterocycles. The summed E-state index contributed by atoms with van der Waals surface area (Å²) < 4.78 is 5.91. The smallest absolute Gasteiger partial charge is 0.191 e. The van der Waals surface area contributed by atoms with Gasteiger partial charge in [0.05, 0.1) is 6.10 Å². The monoisotopic (exact) mass is 462 g/mol. The van der Waals surface area contributed by atoms with E-state index in [9.17, 15) is 0 Å². The Balaban J connectivity index is 0.00000182. The molecule has 6 heteroatoms. The second kappa shape index (κ2) is 7.89. The zero-order valence-corrected chi connectivity index (χ0v) is 18.3. The molecular formula is C19H35IN4O. The van der Waals surface area contributed by atoms with Crippen molar-refractivity contribution in [1.29, 1.82) is 0 Å². The van der Waals surface area contributed by atoms with Crippen LogP contribution in [0.4, 0.5) is 0 Å². The Morgan fingerprint density at radius 2 is 1.88 bits per heavy atom. The van der Waals surface area contributed by atoms with Crippen LogP contribution in [0.15, 0.2) is 4.99 Å². The van der Waals surface area contributed by atoms with Crippen LogP contribution in [0, 0.1) is 11.3 Å². The van der Waals surface area contributed by atoms with Crippen LogP contribution in [0.1, 0.15) is 52.4 Å². The summed E-state index contributed by atoms with van der Waals surface area (Å²) in [6.07, 6.45) is 8.49. The summed E-state index contributed by atoms with van der Waals surface area (Å²) >= 11 is 0. The molecule has 4 fully saturated rings. The van der Waals surface area contributed by atoms with Crippen LogP contribution in [0.2, 0.25) is 0 Å². The fraction of sp³-hybridized carbons (Fsp3) is 0.947. The standard InChI is InChI=1S/C19H34N4O.HI/c1-19(2)16(15-9-11-24-17(15)19)22-18(20-3)21-13-8-10-23(12-13)14-6-4-5-7-14;/h13-17H,4-12H2,1-3H3,(H2,20,21,22);1H. The maximum Gasteiger partial charge on any atom is 0.191 e. The highest BCUT2D eigenvalue weighted by Gasteiger charge is 2.59. The molecule has 2 saturated carbocycles. The number of hydrogen-bond donors (Lipinski definition) is 2. The van der Waals surface area contributed by atoms with Gasteiger partial charge < -0.3 is 15.4 Å². The molecule has 4 atom stereocenters. The molecule has 4 rings (SSSR count). The molecule has 0 aromatic heterocycles. The van der Waals surface area contributed by atoms with Gasteiger partial charge in [-0.25, -0.2) is 0 Å². The van der Waals surface area contributed by atoms with Gasteiger partial charge in [0, 0.05) is 56.2 Å². The van der Waals surface area contributed by atoms with E-state index >= 15 is 0 Å². The van der Waals surface area contributed by atoms with Gasteiger partial charge in [0.15, 0.2) is 5.96 Å². The summed E-state index contributed by atoms with van der Waals surface area (Å²) in [4.78, 5) is 7.21. The topological polar surface area (TPSA) is 48.9 Å². The third kappa shape index (κ3) is 3.68. The quantitative estimate of drug-likeness (QED) is 0.385. The van der Waals surface area contributed by atoms with Crippen molar-refractivity contribution >= 4 is 29.9 Å². The predicted molar refractivity (Wildman–Crippen MR) is 113 cm³/mol. The Morgan fingerprint density at radius 3 is 2.60 bits per heavy atom. The molecule has 0 bridgehead atoms. The first-order chi connectivity index (χ1) is 11.6. The minimum atomic E-state index is 0. The highest BCUT2D eigenvalue weighted by atomic mass is 127. The van der Waals surface area contributed by atoms with E-state index in [-0.39, 0.29) is 29.4 Å². The third-order valence-electron chi connectivity index (χ3n) is 7.02. The zero-order chi connectivity index (χ0) is 16.7. The van der Waals surface area contributed by atoms with Crippen molar-refractivity contribution in [3.63, 3.8) is 0 Å². The lowest BCUT2D eigenvalue weighted by Crippen LogP contribution is -2.68. The minimum absolute atomic E-state index is 0. The molecule has 0 radical (unpaired) electrons. The number of rotatable bonds is 3. The summed E-state index contributed by atoms with van der Waals surface area (Å²) in [5.41, 5.74) is 0.199. The highest BCUT2D eigenvalue weighted by Crippen LogP contribution is 2.52. The molecule has 5 nitrogen and oxygen atoms in total. The maximum atomic E-state index is 5.91. The fourth-order valence-electron chi connectivity index (χ4n) is 5.63. The van der Waals surface area contributed by atoms with Gasteiger partial charge in [0.1, 0.15) is 0 Å². The summed E-state index contributed by atoms with van der Waals surface area (Å²) in [5, 5.41) is 7.41. The first-order valence-corrected chi connectivity index (χ1v) is 9.95. The molecule has 2 saturated heterocycles. The summed E-state index contributed by atoms with van der Waals surface area (Å²) in [6, 6.07) is 1.85. The molecule has 0 amide bonds. The molecule has 2 N–H and O–H groups in total. The van der Waals surface area contributed by atoms with E-state index in [0.29, 0.717) is 24.1 Å². The molecule has 2 aliphatic heterocycles. The molecule has 144 valence electrons. The Hall–Kier alpha value is -0.0800. The van der Waals surface area contributed by atoms with Crippen LogP contribution in [0.3, 0.4) is 0 Å². The first-order valence-electron chi connectivity index (χ1n) is 9.95. The van der Waals surface area contributed by atoms with Crippen LogP contribution in [-0.4, -0.2) is 61.8 Å². The van der Waals surface area contributed by atoms with Crippen molar-refractivity contribution < 1.29 is 4.74 Å². The zero-order valence-electron chi connectivity index (χ0n) is 16.0. The van der Waals surface area contributed by atoms with Crippen molar-refractivity contribution in [3.05, 3.63) is 0 Å². The molecule has 4 unspecified atom stereocenters. The number of fused-ring (bicyclic) bond motifs is 1. The number of likely N-dealkylation sites (tertiary alicyclic amines) is 1. The average Bonchev–Trinajstić information content (AvgIpc) is 3.30. The van der Waals surface area contributed by atoms with Gasteiger partial charge in [-0.3, -0.25) is 9.89 Å². The number of nitrogens with zero attached hydrogens (tertiary/aromatic N) is 2. The van der Waals surface area contributed by atoms with Gasteiger partial charge in [-0.05, 0) is 25.7 Å². The summed E-state index contributed by atoms with van der Waals surface area (Å²) in [5.74, 6) is 1.63. The maximum absolute atomic E-state index is 5.91. The summed E-state index contributed by atoms with van der Waals surface area (Å²) in [6.45, 7) is 7.98. The molecular weight excluding hydrogens is 427 g/mol. The average molecular weight is 462 g/mol. The fourth-order valence-corrected chi connectivity index (χ4v) is 5.63. The lowest BCUT2D eigenvalue weighted by molar-refractivity contribution is -0.106. The van der Waals surface area contributed by atoms with E-state index < -0.39 is 0 Å². The van der Waals surface area contributed by atoms with E-state index in [2.05, 4.69) is 34.4 Å². The predicted octanol–water partition coefficient (Wildman–Crippen LogP) is 2.60. The Kier molecular flexibility index (Phi) is 6.21. The second-order valence-electron chi connectivity index (χ2n) is 8.82. The van der Waals surface area contributed by atoms with Crippen molar-refractivity contribution in [2.75, 3.05) is 26.7 Å². The van der Waals surface area contributed by atoms with Gasteiger partial charge in [0.2, 0.25) is 0 Å². The van der Waals surface area contributed by atoms with Crippen LogP contribution in [0.25, 0.3) is 0 Å². The normalized spacial score (nSPS) is 38.1. The van der Waals surface area contributed by atoms with Gasteiger partial charge in [-0.1, -0.05) is 26.7 Å². The third-order valence-corrected chi connectivity index (χ3v) is 7.02. The minimum Gasteiger partial charge on any atom is -0.377 e. The van der Waals surface area contributed by atoms with Gasteiger partial charge >= 0.3 is 0 Å². The molecule has 2 aliphatic carbocycles. The lowest BCUT2D eigenvalue weighted by atomic mass is 9.57. The Bertz CT molecular complexity index is 492. The van der Waals surface area contributed by atoms with E-state index in [1.54, 1.807) is 0 Å². The molecule has 25 heavy (non-hydrogen) atoms. The van der Waals surface area contributed by atoms with Crippen molar-refractivity contribution in [2.24, 2.45) is 16.3 Å². The second-order valence-corrected chi connectivity index (χ2v) is 8.82. The van der Waals surface area contributed by atoms with Crippen molar-refractivity contribution in [1.82, 2.24) is 15.5 Å². The Morgan fingerprint density at radius 1 is 1.12 bits per heavy atom. The van der Waals surface area contributed by atoms with Crippen LogP contribution >= 0.6 is 24.0 Å². The van der Waals surface area contributed by atoms with E-state index in [1.807, 2.05) is 7.05 Å². The van der Waals surface area contributed by atoms with E-state index in [4.69, 9.17) is 4.74 Å². The van der Waals surface area contributed by atoms with Crippen LogP contribution in [0.5, 0.6) is 0 Å². The molecule has 4 aliphatic rings. The highest BCUT2D eigenvalue weighted by molar-refractivity contribution is 14.0.